The molecule has 1 aromatic carbocycles. The molecule has 2 aromatic heterocycles. The van der Waals surface area contributed by atoms with Crippen molar-refractivity contribution in [3.05, 3.63) is 70.7 Å². The van der Waals surface area contributed by atoms with Gasteiger partial charge < -0.3 is 0 Å². The summed E-state index contributed by atoms with van der Waals surface area (Å²) in [5.74, 6) is 0. The number of aromatic nitrogens is 2. The molecule has 5 bridgehead atoms. The van der Waals surface area contributed by atoms with Gasteiger partial charge in [0.1, 0.15) is 7.05 Å². The van der Waals surface area contributed by atoms with E-state index in [9.17, 15) is 0 Å². The Bertz CT molecular complexity index is 1020. The number of rotatable bonds is 0. The molecule has 2 nitrogen and oxygen atoms in total. The summed E-state index contributed by atoms with van der Waals surface area (Å²) in [7, 11) is 2.17. The second-order valence-corrected chi connectivity index (χ2v) is 7.85. The van der Waals surface area contributed by atoms with E-state index >= 15 is 0 Å². The van der Waals surface area contributed by atoms with Crippen LogP contribution in [0.5, 0.6) is 0 Å². The number of aryl methyl sites for hydroxylation is 4. The van der Waals surface area contributed by atoms with Crippen LogP contribution in [0.25, 0.3) is 22.4 Å². The third kappa shape index (κ3) is 2.47. The minimum atomic E-state index is 0.958. The second-order valence-electron chi connectivity index (χ2n) is 7.85. The molecule has 0 saturated carbocycles. The summed E-state index contributed by atoms with van der Waals surface area (Å²) in [6.45, 7) is 2.24. The lowest BCUT2D eigenvalue weighted by molar-refractivity contribution is -0.660. The van der Waals surface area contributed by atoms with Gasteiger partial charge in [0.25, 0.3) is 0 Å². The maximum absolute atomic E-state index is 5.04. The fourth-order valence-electron chi connectivity index (χ4n) is 4.62. The molecule has 2 aliphatic rings. The first-order valence-corrected chi connectivity index (χ1v) is 9.81. The van der Waals surface area contributed by atoms with Crippen molar-refractivity contribution in [2.24, 2.45) is 7.05 Å². The Morgan fingerprint density at radius 1 is 0.923 bits per heavy atom. The molecule has 0 amide bonds. The first-order chi connectivity index (χ1) is 12.7. The molecule has 0 saturated heterocycles. The zero-order valence-electron chi connectivity index (χ0n) is 15.7. The lowest BCUT2D eigenvalue weighted by Gasteiger charge is -2.12. The normalized spacial score (nSPS) is 15.2. The molecule has 3 heterocycles. The Labute approximate surface area is 155 Å². The summed E-state index contributed by atoms with van der Waals surface area (Å²) in [4.78, 5) is 5.04. The quantitative estimate of drug-likeness (QED) is 0.423. The number of hydrogen-bond acceptors (Lipinski definition) is 1. The topological polar surface area (TPSA) is 16.8 Å². The highest BCUT2D eigenvalue weighted by Gasteiger charge is 2.27. The Balaban J connectivity index is 1.78. The van der Waals surface area contributed by atoms with Gasteiger partial charge in [0, 0.05) is 29.8 Å². The first kappa shape index (κ1) is 15.7. The lowest BCUT2D eigenvalue weighted by Crippen LogP contribution is -2.31. The lowest BCUT2D eigenvalue weighted by atomic mass is 9.93. The monoisotopic (exact) mass is 341 g/mol. The van der Waals surface area contributed by atoms with Gasteiger partial charge in [0.2, 0.25) is 5.69 Å². The van der Waals surface area contributed by atoms with Crippen LogP contribution < -0.4 is 4.57 Å². The van der Waals surface area contributed by atoms with Crippen LogP contribution in [0.15, 0.2) is 42.6 Å². The fraction of sp³-hybridized carbons (Fsp3) is 0.333. The number of hydrogen-bond donors (Lipinski definition) is 0. The van der Waals surface area contributed by atoms with Crippen LogP contribution in [0.4, 0.5) is 0 Å². The van der Waals surface area contributed by atoms with E-state index in [4.69, 9.17) is 4.98 Å². The Morgan fingerprint density at radius 2 is 1.77 bits per heavy atom. The van der Waals surface area contributed by atoms with Crippen molar-refractivity contribution in [2.45, 2.75) is 45.4 Å². The van der Waals surface area contributed by atoms with Crippen LogP contribution >= 0.6 is 0 Å². The van der Waals surface area contributed by atoms with E-state index in [1.165, 1.54) is 76.1 Å². The minimum Gasteiger partial charge on any atom is -0.257 e. The number of benzene rings is 1. The van der Waals surface area contributed by atoms with E-state index in [2.05, 4.69) is 61.1 Å². The molecule has 2 heteroatoms. The maximum atomic E-state index is 5.04. The smallest absolute Gasteiger partial charge is 0.213 e. The molecule has 5 rings (SSSR count). The largest absolute Gasteiger partial charge is 0.257 e. The zero-order chi connectivity index (χ0) is 17.7. The van der Waals surface area contributed by atoms with E-state index in [1.807, 2.05) is 0 Å². The predicted octanol–water partition coefficient (Wildman–Crippen LogP) is 4.72. The molecule has 0 unspecified atom stereocenters. The van der Waals surface area contributed by atoms with Crippen molar-refractivity contribution in [3.8, 4) is 22.4 Å². The number of nitrogens with zero attached hydrogens (tertiary/aromatic N) is 2. The summed E-state index contributed by atoms with van der Waals surface area (Å²) >= 11 is 0. The van der Waals surface area contributed by atoms with Crippen molar-refractivity contribution in [2.75, 3.05) is 0 Å². The van der Waals surface area contributed by atoms with E-state index in [1.54, 1.807) is 0 Å². The van der Waals surface area contributed by atoms with Gasteiger partial charge >= 0.3 is 0 Å². The molecule has 1 aliphatic heterocycles. The molecule has 1 aliphatic carbocycles. The summed E-state index contributed by atoms with van der Waals surface area (Å²) in [6, 6.07) is 13.8. The molecule has 0 fully saturated rings. The van der Waals surface area contributed by atoms with Gasteiger partial charge in [-0.25, -0.2) is 4.57 Å². The molecule has 0 N–H and O–H groups in total. The third-order valence-electron chi connectivity index (χ3n) is 6.06. The molecular weight excluding hydrogens is 316 g/mol. The molecular formula is C24H25N2+. The first-order valence-electron chi connectivity index (χ1n) is 9.81. The molecule has 0 atom stereocenters. The van der Waals surface area contributed by atoms with E-state index in [0.29, 0.717) is 0 Å². The Hall–Kier alpha value is -2.48. The van der Waals surface area contributed by atoms with Crippen LogP contribution in [0.2, 0.25) is 0 Å². The van der Waals surface area contributed by atoms with Crippen molar-refractivity contribution in [1.82, 2.24) is 4.98 Å². The minimum absolute atomic E-state index is 0.958. The van der Waals surface area contributed by atoms with Gasteiger partial charge in [-0.3, -0.25) is 4.98 Å². The molecule has 130 valence electrons. The Morgan fingerprint density at radius 3 is 2.69 bits per heavy atom. The summed E-state index contributed by atoms with van der Waals surface area (Å²) in [5.41, 5.74) is 12.2. The molecule has 26 heavy (non-hydrogen) atoms. The summed E-state index contributed by atoms with van der Waals surface area (Å²) in [5, 5.41) is 0. The van der Waals surface area contributed by atoms with Crippen LogP contribution in [0, 0.1) is 6.92 Å². The average Bonchev–Trinajstić information content (AvgIpc) is 3.00. The standard InChI is InChI=1S/C24H25N2/c1-16-8-10-19-20-11-9-18-7-5-3-4-6-17-12-13-26(2)23(14-17)24(16)21(19)15-22(20)25-18/h8-14H,3-7,15H2,1-2H3/q+1. The van der Waals surface area contributed by atoms with Gasteiger partial charge in [-0.2, -0.15) is 0 Å². The number of fused-ring (bicyclic) bond motifs is 5. The highest BCUT2D eigenvalue weighted by atomic mass is 14.9. The van der Waals surface area contributed by atoms with Crippen LogP contribution in [0.3, 0.4) is 0 Å². The predicted molar refractivity (Wildman–Crippen MR) is 105 cm³/mol. The summed E-state index contributed by atoms with van der Waals surface area (Å²) in [6.07, 6.45) is 9.21. The van der Waals surface area contributed by atoms with Crippen molar-refractivity contribution < 1.29 is 4.57 Å². The zero-order valence-corrected chi connectivity index (χ0v) is 15.7. The van der Waals surface area contributed by atoms with Crippen molar-refractivity contribution >= 4 is 0 Å². The van der Waals surface area contributed by atoms with Crippen molar-refractivity contribution in [3.63, 3.8) is 0 Å². The van der Waals surface area contributed by atoms with Gasteiger partial charge in [0.05, 0.1) is 11.3 Å². The molecule has 0 spiro atoms. The fourth-order valence-corrected chi connectivity index (χ4v) is 4.62. The van der Waals surface area contributed by atoms with Crippen LogP contribution in [-0.4, -0.2) is 4.98 Å². The number of pyridine rings is 2. The summed E-state index contributed by atoms with van der Waals surface area (Å²) < 4.78 is 2.28. The highest BCUT2D eigenvalue weighted by molar-refractivity contribution is 5.84. The Kier molecular flexibility index (Phi) is 3.66. The average molecular weight is 341 g/mol. The van der Waals surface area contributed by atoms with Gasteiger partial charge in [-0.1, -0.05) is 24.6 Å². The van der Waals surface area contributed by atoms with Crippen molar-refractivity contribution in [1.29, 1.82) is 0 Å². The van der Waals surface area contributed by atoms with E-state index in [-0.39, 0.29) is 0 Å². The van der Waals surface area contributed by atoms with E-state index < -0.39 is 0 Å². The van der Waals surface area contributed by atoms with Crippen LogP contribution in [0.1, 0.15) is 47.3 Å². The SMILES string of the molecule is Cc1ccc2c3c1-c1cc(cc[n+]1C)CCCCCc1ccc-2c(n1)C3. The van der Waals surface area contributed by atoms with Crippen LogP contribution in [-0.2, 0) is 26.3 Å². The van der Waals surface area contributed by atoms with Gasteiger partial charge in [-0.05, 0) is 60.9 Å². The highest BCUT2D eigenvalue weighted by Crippen LogP contribution is 2.42. The molecule has 3 aromatic rings. The van der Waals surface area contributed by atoms with E-state index in [0.717, 1.165) is 12.8 Å². The van der Waals surface area contributed by atoms with Gasteiger partial charge in [-0.15, -0.1) is 0 Å². The second kappa shape index (κ2) is 6.05. The molecule has 0 radical (unpaired) electrons. The van der Waals surface area contributed by atoms with Gasteiger partial charge in [0.15, 0.2) is 6.20 Å². The third-order valence-corrected chi connectivity index (χ3v) is 6.06. The maximum Gasteiger partial charge on any atom is 0.213 e.